The fraction of sp³-hybridized carbons (Fsp3) is 0.529. The average Bonchev–Trinajstić information content (AvgIpc) is 2.54. The Labute approximate surface area is 126 Å². The van der Waals surface area contributed by atoms with Crippen LogP contribution < -0.4 is 5.32 Å². The summed E-state index contributed by atoms with van der Waals surface area (Å²) in [6.07, 6.45) is 5.93. The summed E-state index contributed by atoms with van der Waals surface area (Å²) in [5, 5.41) is 14.1. The van der Waals surface area contributed by atoms with Crippen molar-refractivity contribution in [3.8, 4) is 0 Å². The summed E-state index contributed by atoms with van der Waals surface area (Å²) < 4.78 is 0. The maximum absolute atomic E-state index is 4.25. The van der Waals surface area contributed by atoms with E-state index in [0.29, 0.717) is 5.92 Å². The van der Waals surface area contributed by atoms with Gasteiger partial charge in [-0.05, 0) is 31.8 Å². The van der Waals surface area contributed by atoms with Crippen molar-refractivity contribution in [2.45, 2.75) is 26.2 Å². The van der Waals surface area contributed by atoms with Gasteiger partial charge >= 0.3 is 0 Å². The van der Waals surface area contributed by atoms with Crippen molar-refractivity contribution in [2.75, 3.05) is 31.5 Å². The van der Waals surface area contributed by atoms with Crippen molar-refractivity contribution in [3.05, 3.63) is 30.5 Å². The number of nitrogens with zero attached hydrogens (tertiary/aromatic N) is 3. The Morgan fingerprint density at radius 3 is 2.86 bits per heavy atom. The van der Waals surface area contributed by atoms with E-state index >= 15 is 0 Å². The van der Waals surface area contributed by atoms with Gasteiger partial charge in [0, 0.05) is 23.9 Å². The highest BCUT2D eigenvalue weighted by atomic mass is 15.2. The van der Waals surface area contributed by atoms with Crippen molar-refractivity contribution >= 4 is 16.6 Å². The topological polar surface area (TPSA) is 41.1 Å². The van der Waals surface area contributed by atoms with Gasteiger partial charge in [0.1, 0.15) is 0 Å². The monoisotopic (exact) mass is 284 g/mol. The number of nitrogens with one attached hydrogen (secondary N) is 1. The first-order valence-corrected chi connectivity index (χ1v) is 7.99. The standard InChI is InChI=1S/C17H24N4/c1-14(13-21-9-5-2-6-10-21)11-18-17-16-8-4-3-7-15(16)12-19-20-17/h3-4,7-8,12,14H,2,5-6,9-11,13H2,1H3,(H,18,20). The fourth-order valence-corrected chi connectivity index (χ4v) is 3.08. The lowest BCUT2D eigenvalue weighted by Gasteiger charge is -2.29. The Morgan fingerprint density at radius 2 is 2.00 bits per heavy atom. The van der Waals surface area contributed by atoms with Gasteiger partial charge in [0.25, 0.3) is 0 Å². The van der Waals surface area contributed by atoms with E-state index in [4.69, 9.17) is 0 Å². The molecule has 1 saturated heterocycles. The molecular formula is C17H24N4. The molecule has 0 aliphatic carbocycles. The third-order valence-electron chi connectivity index (χ3n) is 4.21. The van der Waals surface area contributed by atoms with Gasteiger partial charge in [0.2, 0.25) is 0 Å². The van der Waals surface area contributed by atoms with E-state index in [-0.39, 0.29) is 0 Å². The molecule has 1 N–H and O–H groups in total. The number of anilines is 1. The Kier molecular flexibility index (Phi) is 4.65. The number of hydrogen-bond acceptors (Lipinski definition) is 4. The molecule has 0 radical (unpaired) electrons. The van der Waals surface area contributed by atoms with Crippen LogP contribution in [0.2, 0.25) is 0 Å². The largest absolute Gasteiger partial charge is 0.368 e. The van der Waals surface area contributed by atoms with E-state index in [0.717, 1.165) is 23.1 Å². The van der Waals surface area contributed by atoms with Crippen molar-refractivity contribution in [3.63, 3.8) is 0 Å². The van der Waals surface area contributed by atoms with Crippen molar-refractivity contribution in [1.29, 1.82) is 0 Å². The highest BCUT2D eigenvalue weighted by Gasteiger charge is 2.13. The summed E-state index contributed by atoms with van der Waals surface area (Å²) in [6.45, 7) is 6.95. The summed E-state index contributed by atoms with van der Waals surface area (Å²) in [6, 6.07) is 8.26. The summed E-state index contributed by atoms with van der Waals surface area (Å²) >= 11 is 0. The van der Waals surface area contributed by atoms with E-state index in [1.165, 1.54) is 38.9 Å². The molecule has 1 fully saturated rings. The third kappa shape index (κ3) is 3.70. The van der Waals surface area contributed by atoms with E-state index in [9.17, 15) is 0 Å². The van der Waals surface area contributed by atoms with Crippen LogP contribution in [0.4, 0.5) is 5.82 Å². The summed E-state index contributed by atoms with van der Waals surface area (Å²) in [5.41, 5.74) is 0. The maximum atomic E-state index is 4.25. The van der Waals surface area contributed by atoms with Crippen molar-refractivity contribution in [1.82, 2.24) is 15.1 Å². The van der Waals surface area contributed by atoms with Crippen LogP contribution in [0.5, 0.6) is 0 Å². The SMILES string of the molecule is CC(CNc1nncc2ccccc12)CN1CCCCC1. The first-order valence-electron chi connectivity index (χ1n) is 7.99. The molecule has 1 aromatic carbocycles. The molecule has 0 amide bonds. The molecule has 1 unspecified atom stereocenters. The Bertz CT molecular complexity index is 573. The second-order valence-electron chi connectivity index (χ2n) is 6.13. The van der Waals surface area contributed by atoms with Crippen LogP contribution in [0.15, 0.2) is 30.5 Å². The first-order chi connectivity index (χ1) is 10.3. The summed E-state index contributed by atoms with van der Waals surface area (Å²) in [4.78, 5) is 2.59. The minimum Gasteiger partial charge on any atom is -0.368 e. The summed E-state index contributed by atoms with van der Waals surface area (Å²) in [5.74, 6) is 1.52. The number of benzene rings is 1. The highest BCUT2D eigenvalue weighted by molar-refractivity contribution is 5.90. The molecule has 1 aromatic heterocycles. The molecule has 1 atom stereocenters. The molecule has 0 bridgehead atoms. The average molecular weight is 284 g/mol. The molecule has 112 valence electrons. The smallest absolute Gasteiger partial charge is 0.156 e. The third-order valence-corrected chi connectivity index (χ3v) is 4.21. The van der Waals surface area contributed by atoms with Gasteiger partial charge in [-0.25, -0.2) is 0 Å². The van der Waals surface area contributed by atoms with Crippen LogP contribution in [0.25, 0.3) is 10.8 Å². The number of fused-ring (bicyclic) bond motifs is 1. The van der Waals surface area contributed by atoms with Crippen molar-refractivity contribution in [2.24, 2.45) is 5.92 Å². The number of rotatable bonds is 5. The molecule has 0 spiro atoms. The Hall–Kier alpha value is -1.68. The number of hydrogen-bond donors (Lipinski definition) is 1. The normalized spacial score (nSPS) is 17.8. The van der Waals surface area contributed by atoms with Gasteiger partial charge in [-0.15, -0.1) is 5.10 Å². The van der Waals surface area contributed by atoms with Crippen LogP contribution in [0.1, 0.15) is 26.2 Å². The van der Waals surface area contributed by atoms with Crippen LogP contribution in [0.3, 0.4) is 0 Å². The number of aromatic nitrogens is 2. The Morgan fingerprint density at radius 1 is 1.19 bits per heavy atom. The Balaban J connectivity index is 1.58. The summed E-state index contributed by atoms with van der Waals surface area (Å²) in [7, 11) is 0. The van der Waals surface area contributed by atoms with E-state index in [1.54, 1.807) is 0 Å². The predicted octanol–water partition coefficient (Wildman–Crippen LogP) is 3.16. The van der Waals surface area contributed by atoms with Gasteiger partial charge in [-0.2, -0.15) is 5.10 Å². The quantitative estimate of drug-likeness (QED) is 0.915. The maximum Gasteiger partial charge on any atom is 0.156 e. The molecule has 0 saturated carbocycles. The zero-order chi connectivity index (χ0) is 14.5. The lowest BCUT2D eigenvalue weighted by atomic mass is 10.1. The zero-order valence-corrected chi connectivity index (χ0v) is 12.8. The first kappa shape index (κ1) is 14.3. The zero-order valence-electron chi connectivity index (χ0n) is 12.8. The molecule has 2 aromatic rings. The molecule has 2 heterocycles. The van der Waals surface area contributed by atoms with Crippen LogP contribution in [0, 0.1) is 5.92 Å². The van der Waals surface area contributed by atoms with Crippen LogP contribution in [-0.2, 0) is 0 Å². The van der Waals surface area contributed by atoms with Crippen LogP contribution >= 0.6 is 0 Å². The van der Waals surface area contributed by atoms with E-state index in [2.05, 4.69) is 39.5 Å². The van der Waals surface area contributed by atoms with Gasteiger partial charge in [-0.1, -0.05) is 37.6 Å². The lowest BCUT2D eigenvalue weighted by Crippen LogP contribution is -2.35. The van der Waals surface area contributed by atoms with Gasteiger partial charge in [0.15, 0.2) is 5.82 Å². The molecule has 1 aliphatic rings. The lowest BCUT2D eigenvalue weighted by molar-refractivity contribution is 0.204. The van der Waals surface area contributed by atoms with Gasteiger partial charge in [-0.3, -0.25) is 0 Å². The molecule has 4 heteroatoms. The highest BCUT2D eigenvalue weighted by Crippen LogP contribution is 2.19. The second-order valence-corrected chi connectivity index (χ2v) is 6.13. The number of likely N-dealkylation sites (tertiary alicyclic amines) is 1. The van der Waals surface area contributed by atoms with Crippen molar-refractivity contribution < 1.29 is 0 Å². The second kappa shape index (κ2) is 6.85. The van der Waals surface area contributed by atoms with E-state index in [1.807, 2.05) is 18.3 Å². The minimum atomic E-state index is 0.615. The molecule has 1 aliphatic heterocycles. The van der Waals surface area contributed by atoms with E-state index < -0.39 is 0 Å². The van der Waals surface area contributed by atoms with Gasteiger partial charge < -0.3 is 10.2 Å². The molecule has 3 rings (SSSR count). The predicted molar refractivity (Wildman–Crippen MR) is 87.5 cm³/mol. The molecular weight excluding hydrogens is 260 g/mol. The molecule has 4 nitrogen and oxygen atoms in total. The minimum absolute atomic E-state index is 0.615. The van der Waals surface area contributed by atoms with Crippen LogP contribution in [-0.4, -0.2) is 41.3 Å². The molecule has 21 heavy (non-hydrogen) atoms. The van der Waals surface area contributed by atoms with Gasteiger partial charge in [0.05, 0.1) is 6.20 Å². The number of piperidine rings is 1. The fourth-order valence-electron chi connectivity index (χ4n) is 3.08.